The van der Waals surface area contributed by atoms with E-state index in [0.717, 1.165) is 11.4 Å². The first-order valence-electron chi connectivity index (χ1n) is 6.01. The van der Waals surface area contributed by atoms with Gasteiger partial charge in [-0.25, -0.2) is 4.98 Å². The number of hydrogen-bond acceptors (Lipinski definition) is 4. The number of benzene rings is 1. The Kier molecular flexibility index (Phi) is 4.82. The zero-order valence-corrected chi connectivity index (χ0v) is 12.5. The Bertz CT molecular complexity index is 629. The second-order valence-corrected chi connectivity index (χ2v) is 4.98. The maximum absolute atomic E-state index is 6.12. The molecular weight excluding hydrogens is 295 g/mol. The van der Waals surface area contributed by atoms with Crippen LogP contribution in [0.1, 0.15) is 5.69 Å². The van der Waals surface area contributed by atoms with E-state index in [1.54, 1.807) is 24.3 Å². The number of halogens is 2. The quantitative estimate of drug-likeness (QED) is 0.802. The topological polar surface area (TPSA) is 49.8 Å². The lowest BCUT2D eigenvalue weighted by Crippen LogP contribution is -2.06. The van der Waals surface area contributed by atoms with Crippen LogP contribution in [0.4, 0.5) is 17.5 Å². The predicted octanol–water partition coefficient (Wildman–Crippen LogP) is 4.43. The average molecular weight is 309 g/mol. The minimum atomic E-state index is 0.536. The molecule has 1 heterocycles. The highest BCUT2D eigenvalue weighted by Crippen LogP contribution is 2.28. The molecule has 0 spiro atoms. The number of hydrogen-bond donors (Lipinski definition) is 2. The fraction of sp³-hybridized carbons (Fsp3) is 0.143. The molecule has 2 N–H and O–H groups in total. The summed E-state index contributed by atoms with van der Waals surface area (Å²) in [6.07, 6.45) is 1.74. The molecule has 1 aromatic carbocycles. The summed E-state index contributed by atoms with van der Waals surface area (Å²) < 4.78 is 0. The molecule has 0 aliphatic rings. The Morgan fingerprint density at radius 3 is 2.75 bits per heavy atom. The summed E-state index contributed by atoms with van der Waals surface area (Å²) in [4.78, 5) is 8.64. The number of aromatic nitrogens is 2. The van der Waals surface area contributed by atoms with E-state index >= 15 is 0 Å². The van der Waals surface area contributed by atoms with Crippen molar-refractivity contribution in [3.8, 4) is 0 Å². The minimum absolute atomic E-state index is 0.536. The van der Waals surface area contributed by atoms with Crippen molar-refractivity contribution in [3.05, 3.63) is 52.7 Å². The van der Waals surface area contributed by atoms with E-state index in [1.165, 1.54) is 0 Å². The van der Waals surface area contributed by atoms with Gasteiger partial charge in [-0.3, -0.25) is 0 Å². The van der Waals surface area contributed by atoms with Gasteiger partial charge in [-0.2, -0.15) is 4.98 Å². The predicted molar refractivity (Wildman–Crippen MR) is 85.2 cm³/mol. The number of rotatable bonds is 5. The number of nitrogens with one attached hydrogen (secondary N) is 2. The van der Waals surface area contributed by atoms with E-state index in [-0.39, 0.29) is 0 Å². The summed E-state index contributed by atoms with van der Waals surface area (Å²) in [6.45, 7) is 6.14. The van der Waals surface area contributed by atoms with Crippen LogP contribution in [-0.4, -0.2) is 16.5 Å². The molecular formula is C14H14Cl2N4. The summed E-state index contributed by atoms with van der Waals surface area (Å²) in [5.74, 6) is 1.20. The van der Waals surface area contributed by atoms with E-state index in [2.05, 4.69) is 27.2 Å². The van der Waals surface area contributed by atoms with Gasteiger partial charge in [0.15, 0.2) is 0 Å². The highest BCUT2D eigenvalue weighted by molar-refractivity contribution is 6.36. The van der Waals surface area contributed by atoms with Gasteiger partial charge >= 0.3 is 0 Å². The van der Waals surface area contributed by atoms with Crippen LogP contribution in [0.2, 0.25) is 10.0 Å². The zero-order chi connectivity index (χ0) is 14.5. The van der Waals surface area contributed by atoms with Crippen LogP contribution >= 0.6 is 23.2 Å². The van der Waals surface area contributed by atoms with Gasteiger partial charge in [-0.05, 0) is 25.1 Å². The van der Waals surface area contributed by atoms with Crippen LogP contribution in [0.15, 0.2) is 36.9 Å². The standard InChI is InChI=1S/C14H14Cl2N4/c1-3-6-17-14-18-9(2)7-13(20-14)19-12-5-4-10(15)8-11(12)16/h3-5,7-8H,1,6H2,2H3,(H2,17,18,19,20). The molecule has 2 aromatic rings. The van der Waals surface area contributed by atoms with Gasteiger partial charge in [0.05, 0.1) is 10.7 Å². The van der Waals surface area contributed by atoms with Crippen molar-refractivity contribution in [1.82, 2.24) is 9.97 Å². The maximum atomic E-state index is 6.12. The SMILES string of the molecule is C=CCNc1nc(C)cc(Nc2ccc(Cl)cc2Cl)n1. The van der Waals surface area contributed by atoms with E-state index in [1.807, 2.05) is 13.0 Å². The Hall–Kier alpha value is -1.78. The third-order valence-corrected chi connectivity index (χ3v) is 3.00. The second kappa shape index (κ2) is 6.59. The smallest absolute Gasteiger partial charge is 0.225 e. The molecule has 2 rings (SSSR count). The van der Waals surface area contributed by atoms with Crippen LogP contribution < -0.4 is 10.6 Å². The second-order valence-electron chi connectivity index (χ2n) is 4.14. The molecule has 1 aromatic heterocycles. The summed E-state index contributed by atoms with van der Waals surface area (Å²) in [5, 5.41) is 7.33. The van der Waals surface area contributed by atoms with Crippen LogP contribution in [0.5, 0.6) is 0 Å². The number of aryl methyl sites for hydroxylation is 1. The summed E-state index contributed by atoms with van der Waals surface area (Å²) >= 11 is 12.0. The van der Waals surface area contributed by atoms with E-state index in [4.69, 9.17) is 23.2 Å². The highest BCUT2D eigenvalue weighted by atomic mass is 35.5. The van der Waals surface area contributed by atoms with Crippen molar-refractivity contribution in [2.24, 2.45) is 0 Å². The van der Waals surface area contributed by atoms with Gasteiger partial charge in [0.2, 0.25) is 5.95 Å². The average Bonchev–Trinajstić information content (AvgIpc) is 2.39. The third kappa shape index (κ3) is 3.85. The van der Waals surface area contributed by atoms with Crippen LogP contribution in [-0.2, 0) is 0 Å². The highest BCUT2D eigenvalue weighted by Gasteiger charge is 2.05. The van der Waals surface area contributed by atoms with Crippen molar-refractivity contribution in [1.29, 1.82) is 0 Å². The lowest BCUT2D eigenvalue weighted by molar-refractivity contribution is 1.08. The molecule has 0 radical (unpaired) electrons. The van der Waals surface area contributed by atoms with E-state index in [0.29, 0.717) is 28.4 Å². The molecule has 0 fully saturated rings. The summed E-state index contributed by atoms with van der Waals surface area (Å²) in [5.41, 5.74) is 1.59. The van der Waals surface area contributed by atoms with Gasteiger partial charge in [0.25, 0.3) is 0 Å². The van der Waals surface area contributed by atoms with Gasteiger partial charge < -0.3 is 10.6 Å². The normalized spacial score (nSPS) is 10.2. The number of nitrogens with zero attached hydrogens (tertiary/aromatic N) is 2. The van der Waals surface area contributed by atoms with Crippen molar-refractivity contribution in [3.63, 3.8) is 0 Å². The summed E-state index contributed by atoms with van der Waals surface area (Å²) in [7, 11) is 0. The van der Waals surface area contributed by atoms with Crippen molar-refractivity contribution in [2.45, 2.75) is 6.92 Å². The molecule has 0 saturated heterocycles. The molecule has 6 heteroatoms. The Labute approximate surface area is 127 Å². The summed E-state index contributed by atoms with van der Waals surface area (Å²) in [6, 6.07) is 7.08. The van der Waals surface area contributed by atoms with Gasteiger partial charge in [-0.15, -0.1) is 6.58 Å². The molecule has 0 aliphatic heterocycles. The van der Waals surface area contributed by atoms with Crippen LogP contribution in [0.3, 0.4) is 0 Å². The van der Waals surface area contributed by atoms with E-state index in [9.17, 15) is 0 Å². The minimum Gasteiger partial charge on any atom is -0.351 e. The van der Waals surface area contributed by atoms with Gasteiger partial charge in [0.1, 0.15) is 5.82 Å². The van der Waals surface area contributed by atoms with Crippen LogP contribution in [0, 0.1) is 6.92 Å². The lowest BCUT2D eigenvalue weighted by Gasteiger charge is -2.10. The Morgan fingerprint density at radius 1 is 1.25 bits per heavy atom. The molecule has 20 heavy (non-hydrogen) atoms. The van der Waals surface area contributed by atoms with Gasteiger partial charge in [0, 0.05) is 23.3 Å². The van der Waals surface area contributed by atoms with Crippen LogP contribution in [0.25, 0.3) is 0 Å². The first-order chi connectivity index (χ1) is 9.58. The molecule has 0 atom stereocenters. The third-order valence-electron chi connectivity index (χ3n) is 2.45. The fourth-order valence-electron chi connectivity index (χ4n) is 1.60. The Morgan fingerprint density at radius 2 is 2.05 bits per heavy atom. The maximum Gasteiger partial charge on any atom is 0.225 e. The van der Waals surface area contributed by atoms with Crippen molar-refractivity contribution < 1.29 is 0 Å². The van der Waals surface area contributed by atoms with E-state index < -0.39 is 0 Å². The monoisotopic (exact) mass is 308 g/mol. The molecule has 0 unspecified atom stereocenters. The van der Waals surface area contributed by atoms with Gasteiger partial charge in [-0.1, -0.05) is 29.3 Å². The molecule has 104 valence electrons. The van der Waals surface area contributed by atoms with Crippen molar-refractivity contribution in [2.75, 3.05) is 17.2 Å². The molecule has 4 nitrogen and oxygen atoms in total. The lowest BCUT2D eigenvalue weighted by atomic mass is 10.3. The molecule has 0 amide bonds. The van der Waals surface area contributed by atoms with Crippen molar-refractivity contribution >= 4 is 40.7 Å². The Balaban J connectivity index is 2.23. The largest absolute Gasteiger partial charge is 0.351 e. The fourth-order valence-corrected chi connectivity index (χ4v) is 2.06. The molecule has 0 saturated carbocycles. The first-order valence-corrected chi connectivity index (χ1v) is 6.76. The first kappa shape index (κ1) is 14.6. The molecule has 0 aliphatic carbocycles. The number of anilines is 3. The zero-order valence-electron chi connectivity index (χ0n) is 11.0. The molecule has 0 bridgehead atoms.